The highest BCUT2D eigenvalue weighted by atomic mass is 19.1. The second kappa shape index (κ2) is 8.92. The van der Waals surface area contributed by atoms with Gasteiger partial charge in [0.1, 0.15) is 5.82 Å². The Hall–Kier alpha value is -2.79. The fourth-order valence-corrected chi connectivity index (χ4v) is 4.28. The Morgan fingerprint density at radius 3 is 2.63 bits per heavy atom. The quantitative estimate of drug-likeness (QED) is 0.631. The number of para-hydroxylation sites is 1. The molecule has 2 aromatic carbocycles. The maximum Gasteiger partial charge on any atom is 0.252 e. The van der Waals surface area contributed by atoms with Gasteiger partial charge in [-0.3, -0.25) is 9.78 Å². The molecule has 0 saturated carbocycles. The molecule has 156 valence electrons. The average Bonchev–Trinajstić information content (AvgIpc) is 3.28. The van der Waals surface area contributed by atoms with Crippen molar-refractivity contribution in [3.63, 3.8) is 0 Å². The summed E-state index contributed by atoms with van der Waals surface area (Å²) in [6.45, 7) is 7.10. The largest absolute Gasteiger partial charge is 0.352 e. The Kier molecular flexibility index (Phi) is 6.09. The second-order valence-electron chi connectivity index (χ2n) is 8.16. The second-order valence-corrected chi connectivity index (χ2v) is 8.16. The lowest BCUT2D eigenvalue weighted by Crippen LogP contribution is -2.34. The number of hydrogen-bond donors (Lipinski definition) is 1. The third kappa shape index (κ3) is 4.36. The van der Waals surface area contributed by atoms with Gasteiger partial charge in [0, 0.05) is 29.2 Å². The number of aryl methyl sites for hydroxylation is 1. The Morgan fingerprint density at radius 2 is 1.90 bits per heavy atom. The number of benzene rings is 2. The van der Waals surface area contributed by atoms with Crippen molar-refractivity contribution in [2.45, 2.75) is 39.2 Å². The molecule has 1 N–H and O–H groups in total. The number of nitrogens with one attached hydrogen (secondary N) is 1. The zero-order chi connectivity index (χ0) is 21.1. The molecule has 2 heterocycles. The normalized spacial score (nSPS) is 15.4. The van der Waals surface area contributed by atoms with Gasteiger partial charge in [-0.2, -0.15) is 0 Å². The molecular weight excluding hydrogens is 377 g/mol. The Balaban J connectivity index is 1.57. The van der Waals surface area contributed by atoms with Gasteiger partial charge in [-0.05, 0) is 70.0 Å². The zero-order valence-electron chi connectivity index (χ0n) is 17.6. The van der Waals surface area contributed by atoms with E-state index in [1.807, 2.05) is 31.2 Å². The fraction of sp³-hybridized carbons (Fsp3) is 0.360. The van der Waals surface area contributed by atoms with Crippen molar-refractivity contribution >= 4 is 16.8 Å². The number of pyridine rings is 1. The minimum Gasteiger partial charge on any atom is -0.352 e. The van der Waals surface area contributed by atoms with Crippen molar-refractivity contribution in [1.82, 2.24) is 15.2 Å². The number of carbonyl (C=O) groups is 1. The molecule has 1 saturated heterocycles. The van der Waals surface area contributed by atoms with Gasteiger partial charge in [-0.25, -0.2) is 4.39 Å². The summed E-state index contributed by atoms with van der Waals surface area (Å²) in [7, 11) is 0. The van der Waals surface area contributed by atoms with E-state index >= 15 is 0 Å². The highest BCUT2D eigenvalue weighted by molar-refractivity contribution is 6.09. The van der Waals surface area contributed by atoms with E-state index in [0.29, 0.717) is 18.2 Å². The molecule has 1 unspecified atom stereocenters. The van der Waals surface area contributed by atoms with E-state index in [9.17, 15) is 9.18 Å². The van der Waals surface area contributed by atoms with Gasteiger partial charge in [0.25, 0.3) is 5.91 Å². The number of halogens is 1. The summed E-state index contributed by atoms with van der Waals surface area (Å²) >= 11 is 0. The summed E-state index contributed by atoms with van der Waals surface area (Å²) in [5, 5.41) is 3.91. The average molecular weight is 406 g/mol. The first kappa shape index (κ1) is 20.5. The molecule has 5 heteroatoms. The number of amides is 1. The van der Waals surface area contributed by atoms with Crippen LogP contribution in [-0.4, -0.2) is 41.5 Å². The van der Waals surface area contributed by atoms with E-state index in [1.165, 1.54) is 25.0 Å². The third-order valence-electron chi connectivity index (χ3n) is 5.98. The molecule has 1 aliphatic heterocycles. The first-order valence-corrected chi connectivity index (χ1v) is 10.7. The van der Waals surface area contributed by atoms with E-state index in [1.54, 1.807) is 12.1 Å². The van der Waals surface area contributed by atoms with Crippen LogP contribution in [-0.2, 0) is 0 Å². The van der Waals surface area contributed by atoms with Crippen molar-refractivity contribution in [3.05, 3.63) is 65.6 Å². The van der Waals surface area contributed by atoms with Crippen LogP contribution in [0, 0.1) is 12.7 Å². The standard InChI is InChI=1S/C25H28FN3O/c1-17-16-23(25(30)27-13-12-18(2)29-14-3-4-15-29)22-7-5-6-21(24(22)28-17)19-8-10-20(26)11-9-19/h5-11,16,18H,3-4,12-15H2,1-2H3,(H,27,30). The number of fused-ring (bicyclic) bond motifs is 1. The SMILES string of the molecule is Cc1cc(C(=O)NCCC(C)N2CCCC2)c2cccc(-c3ccc(F)cc3)c2n1. The summed E-state index contributed by atoms with van der Waals surface area (Å²) in [6, 6.07) is 14.5. The van der Waals surface area contributed by atoms with Crippen LogP contribution >= 0.6 is 0 Å². The predicted molar refractivity (Wildman–Crippen MR) is 119 cm³/mol. The minimum atomic E-state index is -0.272. The monoisotopic (exact) mass is 405 g/mol. The number of likely N-dealkylation sites (tertiary alicyclic amines) is 1. The lowest BCUT2D eigenvalue weighted by molar-refractivity contribution is 0.0951. The molecule has 4 rings (SSSR count). The third-order valence-corrected chi connectivity index (χ3v) is 5.98. The van der Waals surface area contributed by atoms with Crippen LogP contribution in [0.3, 0.4) is 0 Å². The van der Waals surface area contributed by atoms with Crippen molar-refractivity contribution in [2.24, 2.45) is 0 Å². The van der Waals surface area contributed by atoms with Crippen LogP contribution in [0.15, 0.2) is 48.5 Å². The first-order valence-electron chi connectivity index (χ1n) is 10.7. The van der Waals surface area contributed by atoms with E-state index < -0.39 is 0 Å². The topological polar surface area (TPSA) is 45.2 Å². The maximum atomic E-state index is 13.4. The van der Waals surface area contributed by atoms with Gasteiger partial charge >= 0.3 is 0 Å². The minimum absolute atomic E-state index is 0.0737. The predicted octanol–water partition coefficient (Wildman–Crippen LogP) is 4.95. The molecule has 1 atom stereocenters. The molecule has 1 fully saturated rings. The highest BCUT2D eigenvalue weighted by Crippen LogP contribution is 2.30. The van der Waals surface area contributed by atoms with E-state index in [2.05, 4.69) is 17.1 Å². The van der Waals surface area contributed by atoms with Gasteiger partial charge in [-0.1, -0.05) is 30.3 Å². The Bertz CT molecular complexity index is 1040. The molecule has 1 amide bonds. The molecule has 1 aliphatic rings. The summed E-state index contributed by atoms with van der Waals surface area (Å²) < 4.78 is 13.4. The number of aromatic nitrogens is 1. The van der Waals surface area contributed by atoms with Crippen LogP contribution < -0.4 is 5.32 Å². The summed E-state index contributed by atoms with van der Waals surface area (Å²) in [4.78, 5) is 20.2. The number of carbonyl (C=O) groups excluding carboxylic acids is 1. The number of hydrogen-bond acceptors (Lipinski definition) is 3. The van der Waals surface area contributed by atoms with Gasteiger partial charge in [0.15, 0.2) is 0 Å². The fourth-order valence-electron chi connectivity index (χ4n) is 4.28. The molecule has 0 radical (unpaired) electrons. The summed E-state index contributed by atoms with van der Waals surface area (Å²) in [5.41, 5.74) is 3.96. The molecule has 1 aromatic heterocycles. The van der Waals surface area contributed by atoms with Crippen LogP contribution in [0.25, 0.3) is 22.0 Å². The molecule has 0 aliphatic carbocycles. The molecule has 0 spiro atoms. The lowest BCUT2D eigenvalue weighted by Gasteiger charge is -2.23. The van der Waals surface area contributed by atoms with E-state index in [0.717, 1.165) is 47.2 Å². The van der Waals surface area contributed by atoms with Gasteiger partial charge in [0.2, 0.25) is 0 Å². The van der Waals surface area contributed by atoms with Gasteiger partial charge in [0.05, 0.1) is 11.1 Å². The van der Waals surface area contributed by atoms with E-state index in [4.69, 9.17) is 4.98 Å². The van der Waals surface area contributed by atoms with Crippen LogP contribution in [0.5, 0.6) is 0 Å². The molecule has 0 bridgehead atoms. The number of rotatable bonds is 6. The molecule has 4 nitrogen and oxygen atoms in total. The Morgan fingerprint density at radius 1 is 1.17 bits per heavy atom. The van der Waals surface area contributed by atoms with Crippen LogP contribution in [0.1, 0.15) is 42.2 Å². The Labute approximate surface area is 177 Å². The molecule has 30 heavy (non-hydrogen) atoms. The molecular formula is C25H28FN3O. The van der Waals surface area contributed by atoms with Gasteiger partial charge in [-0.15, -0.1) is 0 Å². The van der Waals surface area contributed by atoms with Crippen LogP contribution in [0.4, 0.5) is 4.39 Å². The summed E-state index contributed by atoms with van der Waals surface area (Å²) in [6.07, 6.45) is 3.49. The van der Waals surface area contributed by atoms with Gasteiger partial charge < -0.3 is 10.2 Å². The number of nitrogens with zero attached hydrogens (tertiary/aromatic N) is 2. The van der Waals surface area contributed by atoms with Crippen LogP contribution in [0.2, 0.25) is 0 Å². The smallest absolute Gasteiger partial charge is 0.252 e. The van der Waals surface area contributed by atoms with Crippen molar-refractivity contribution in [2.75, 3.05) is 19.6 Å². The highest BCUT2D eigenvalue weighted by Gasteiger charge is 2.19. The van der Waals surface area contributed by atoms with Crippen molar-refractivity contribution < 1.29 is 9.18 Å². The van der Waals surface area contributed by atoms with Crippen molar-refractivity contribution in [1.29, 1.82) is 0 Å². The molecule has 3 aromatic rings. The zero-order valence-corrected chi connectivity index (χ0v) is 17.6. The maximum absolute atomic E-state index is 13.4. The first-order chi connectivity index (χ1) is 14.5. The van der Waals surface area contributed by atoms with E-state index in [-0.39, 0.29) is 11.7 Å². The lowest BCUT2D eigenvalue weighted by atomic mass is 9.98. The van der Waals surface area contributed by atoms with Crippen molar-refractivity contribution in [3.8, 4) is 11.1 Å². The summed E-state index contributed by atoms with van der Waals surface area (Å²) in [5.74, 6) is -0.346.